The van der Waals surface area contributed by atoms with Gasteiger partial charge >= 0.3 is 0 Å². The second-order valence-electron chi connectivity index (χ2n) is 4.27. The van der Waals surface area contributed by atoms with Crippen LogP contribution in [0.15, 0.2) is 16.5 Å². The number of aryl methyl sites for hydroxylation is 1. The van der Waals surface area contributed by atoms with Crippen LogP contribution in [0.1, 0.15) is 23.8 Å². The molecular formula is C12H14N2O2. The van der Waals surface area contributed by atoms with Gasteiger partial charge in [0, 0.05) is 24.9 Å². The van der Waals surface area contributed by atoms with Crippen molar-refractivity contribution in [3.63, 3.8) is 0 Å². The number of benzene rings is 1. The molecule has 0 spiro atoms. The van der Waals surface area contributed by atoms with E-state index in [1.807, 2.05) is 12.1 Å². The van der Waals surface area contributed by atoms with Gasteiger partial charge in [-0.25, -0.2) is 4.98 Å². The van der Waals surface area contributed by atoms with Gasteiger partial charge in [-0.15, -0.1) is 0 Å². The fourth-order valence-electron chi connectivity index (χ4n) is 2.35. The lowest BCUT2D eigenvalue weighted by atomic mass is 9.97. The molecule has 3 rings (SSSR count). The minimum absolute atomic E-state index is 0.256. The number of phenolic OH excluding ortho intramolecular Hbond substituents is 1. The summed E-state index contributed by atoms with van der Waals surface area (Å²) in [5, 5.41) is 13.5. The van der Waals surface area contributed by atoms with Gasteiger partial charge in [0.05, 0.1) is 0 Å². The van der Waals surface area contributed by atoms with Crippen molar-refractivity contribution in [1.29, 1.82) is 0 Å². The van der Waals surface area contributed by atoms with Crippen molar-refractivity contribution in [1.82, 2.24) is 10.3 Å². The van der Waals surface area contributed by atoms with Crippen LogP contribution in [-0.2, 0) is 0 Å². The summed E-state index contributed by atoms with van der Waals surface area (Å²) in [6.45, 7) is 3.72. The van der Waals surface area contributed by atoms with E-state index < -0.39 is 0 Å². The summed E-state index contributed by atoms with van der Waals surface area (Å²) in [6.07, 6.45) is 1.06. The highest BCUT2D eigenvalue weighted by Crippen LogP contribution is 2.35. The molecule has 1 atom stereocenters. The minimum Gasteiger partial charge on any atom is -0.504 e. The number of aromatic hydroxyl groups is 1. The van der Waals surface area contributed by atoms with Gasteiger partial charge in [0.25, 0.3) is 0 Å². The zero-order valence-corrected chi connectivity index (χ0v) is 9.16. The van der Waals surface area contributed by atoms with E-state index in [0.717, 1.165) is 30.6 Å². The van der Waals surface area contributed by atoms with Gasteiger partial charge in [-0.2, -0.15) is 0 Å². The Morgan fingerprint density at radius 2 is 2.38 bits per heavy atom. The van der Waals surface area contributed by atoms with Gasteiger partial charge in [0.15, 0.2) is 17.2 Å². The van der Waals surface area contributed by atoms with Crippen LogP contribution in [0.4, 0.5) is 0 Å². The molecule has 4 heteroatoms. The highest BCUT2D eigenvalue weighted by atomic mass is 16.4. The van der Waals surface area contributed by atoms with Crippen LogP contribution >= 0.6 is 0 Å². The van der Waals surface area contributed by atoms with Crippen LogP contribution in [0, 0.1) is 6.92 Å². The van der Waals surface area contributed by atoms with Crippen molar-refractivity contribution >= 4 is 11.1 Å². The highest BCUT2D eigenvalue weighted by Gasteiger charge is 2.22. The van der Waals surface area contributed by atoms with Gasteiger partial charge in [-0.3, -0.25) is 0 Å². The molecule has 2 N–H and O–H groups in total. The minimum atomic E-state index is 0.256. The summed E-state index contributed by atoms with van der Waals surface area (Å²) in [5.74, 6) is 1.23. The summed E-state index contributed by atoms with van der Waals surface area (Å²) in [7, 11) is 0. The lowest BCUT2D eigenvalue weighted by molar-refractivity contribution is 0.449. The van der Waals surface area contributed by atoms with Gasteiger partial charge in [-0.05, 0) is 19.0 Å². The summed E-state index contributed by atoms with van der Waals surface area (Å²) in [6, 6.07) is 3.87. The molecule has 0 bridgehead atoms. The van der Waals surface area contributed by atoms with E-state index in [1.165, 1.54) is 0 Å². The number of rotatable bonds is 1. The number of phenols is 1. The smallest absolute Gasteiger partial charge is 0.196 e. The molecule has 1 unspecified atom stereocenters. The molecule has 0 amide bonds. The molecule has 4 nitrogen and oxygen atoms in total. The number of nitrogens with one attached hydrogen (secondary N) is 1. The fraction of sp³-hybridized carbons (Fsp3) is 0.417. The molecule has 84 valence electrons. The Balaban J connectivity index is 2.14. The first-order valence-corrected chi connectivity index (χ1v) is 5.55. The molecule has 2 heterocycles. The normalized spacial score (nSPS) is 20.7. The average molecular weight is 218 g/mol. The fourth-order valence-corrected chi connectivity index (χ4v) is 2.35. The Hall–Kier alpha value is -1.55. The maximum absolute atomic E-state index is 10.2. The van der Waals surface area contributed by atoms with Gasteiger partial charge < -0.3 is 14.8 Å². The maximum Gasteiger partial charge on any atom is 0.196 e. The molecule has 1 saturated heterocycles. The number of oxazole rings is 1. The molecule has 0 aliphatic carbocycles. The van der Waals surface area contributed by atoms with Crippen molar-refractivity contribution in [2.75, 3.05) is 13.1 Å². The van der Waals surface area contributed by atoms with E-state index in [4.69, 9.17) is 4.42 Å². The molecule has 0 radical (unpaired) electrons. The van der Waals surface area contributed by atoms with Gasteiger partial charge in [0.2, 0.25) is 0 Å². The molecule has 1 aromatic carbocycles. The van der Waals surface area contributed by atoms with Crippen molar-refractivity contribution in [3.8, 4) is 5.75 Å². The Morgan fingerprint density at radius 1 is 1.50 bits per heavy atom. The zero-order valence-electron chi connectivity index (χ0n) is 9.16. The molecule has 1 fully saturated rings. The topological polar surface area (TPSA) is 58.3 Å². The summed E-state index contributed by atoms with van der Waals surface area (Å²) < 4.78 is 5.42. The molecule has 2 aromatic rings. The average Bonchev–Trinajstić information content (AvgIpc) is 2.86. The van der Waals surface area contributed by atoms with Gasteiger partial charge in [0.1, 0.15) is 5.52 Å². The molecule has 1 aliphatic rings. The van der Waals surface area contributed by atoms with Crippen molar-refractivity contribution in [2.24, 2.45) is 0 Å². The third-order valence-corrected chi connectivity index (χ3v) is 3.17. The quantitative estimate of drug-likeness (QED) is 0.767. The molecule has 1 aromatic heterocycles. The molecule has 16 heavy (non-hydrogen) atoms. The number of hydrogen-bond acceptors (Lipinski definition) is 4. The first-order chi connectivity index (χ1) is 7.75. The number of hydrogen-bond donors (Lipinski definition) is 2. The summed E-state index contributed by atoms with van der Waals surface area (Å²) >= 11 is 0. The number of aromatic nitrogens is 1. The van der Waals surface area contributed by atoms with Crippen molar-refractivity contribution in [2.45, 2.75) is 19.3 Å². The molecular weight excluding hydrogens is 204 g/mol. The third-order valence-electron chi connectivity index (χ3n) is 3.17. The SMILES string of the molecule is Cc1nc2ccc(C3CCNC3)c(O)c2o1. The van der Waals surface area contributed by atoms with Crippen molar-refractivity contribution in [3.05, 3.63) is 23.6 Å². The number of nitrogens with zero attached hydrogens (tertiary/aromatic N) is 1. The standard InChI is InChI=1S/C12H14N2O2/c1-7-14-10-3-2-9(8-4-5-13-6-8)11(15)12(10)16-7/h2-3,8,13,15H,4-6H2,1H3. The Labute approximate surface area is 93.3 Å². The summed E-state index contributed by atoms with van der Waals surface area (Å²) in [5.41, 5.74) is 2.21. The van der Waals surface area contributed by atoms with E-state index in [1.54, 1.807) is 6.92 Å². The highest BCUT2D eigenvalue weighted by molar-refractivity contribution is 5.81. The lowest BCUT2D eigenvalue weighted by Gasteiger charge is -2.10. The van der Waals surface area contributed by atoms with Crippen LogP contribution < -0.4 is 5.32 Å². The Bertz CT molecular complexity index is 527. The first kappa shape index (κ1) is 9.66. The maximum atomic E-state index is 10.2. The molecule has 0 saturated carbocycles. The lowest BCUT2D eigenvalue weighted by Crippen LogP contribution is -2.08. The van der Waals surface area contributed by atoms with Gasteiger partial charge in [-0.1, -0.05) is 6.07 Å². The van der Waals surface area contributed by atoms with Crippen molar-refractivity contribution < 1.29 is 9.52 Å². The zero-order chi connectivity index (χ0) is 11.1. The predicted molar refractivity (Wildman–Crippen MR) is 60.6 cm³/mol. The van der Waals surface area contributed by atoms with Crippen LogP contribution in [0.5, 0.6) is 5.75 Å². The Kier molecular flexibility index (Phi) is 2.11. The van der Waals surface area contributed by atoms with E-state index in [0.29, 0.717) is 17.4 Å². The van der Waals surface area contributed by atoms with E-state index >= 15 is 0 Å². The Morgan fingerprint density at radius 3 is 3.12 bits per heavy atom. The van der Waals surface area contributed by atoms with Crippen LogP contribution in [0.25, 0.3) is 11.1 Å². The predicted octanol–water partition coefficient (Wildman–Crippen LogP) is 1.92. The second-order valence-corrected chi connectivity index (χ2v) is 4.27. The largest absolute Gasteiger partial charge is 0.504 e. The van der Waals surface area contributed by atoms with Crippen LogP contribution in [0.2, 0.25) is 0 Å². The van der Waals surface area contributed by atoms with E-state index in [-0.39, 0.29) is 5.75 Å². The van der Waals surface area contributed by atoms with Crippen LogP contribution in [0.3, 0.4) is 0 Å². The monoisotopic (exact) mass is 218 g/mol. The van der Waals surface area contributed by atoms with E-state index in [2.05, 4.69) is 10.3 Å². The number of fused-ring (bicyclic) bond motifs is 1. The summed E-state index contributed by atoms with van der Waals surface area (Å²) in [4.78, 5) is 4.20. The first-order valence-electron chi connectivity index (χ1n) is 5.55. The third kappa shape index (κ3) is 1.38. The second kappa shape index (κ2) is 3.49. The van der Waals surface area contributed by atoms with Crippen LogP contribution in [-0.4, -0.2) is 23.2 Å². The van der Waals surface area contributed by atoms with E-state index in [9.17, 15) is 5.11 Å². The molecule has 1 aliphatic heterocycles.